The Bertz CT molecular complexity index is 861. The third-order valence-electron chi connectivity index (χ3n) is 8.62. The van der Waals surface area contributed by atoms with E-state index < -0.39 is 35.0 Å². The van der Waals surface area contributed by atoms with Crippen LogP contribution in [0.25, 0.3) is 0 Å². The second-order valence-corrected chi connectivity index (χ2v) is 11.0. The summed E-state index contributed by atoms with van der Waals surface area (Å²) in [5, 5.41) is 9.11. The van der Waals surface area contributed by atoms with Crippen LogP contribution in [0.15, 0.2) is 25.3 Å². The monoisotopic (exact) mass is 518 g/mol. The molecule has 0 saturated carbocycles. The van der Waals surface area contributed by atoms with E-state index in [9.17, 15) is 14.4 Å². The van der Waals surface area contributed by atoms with E-state index in [1.165, 1.54) is 0 Å². The summed E-state index contributed by atoms with van der Waals surface area (Å²) in [6.07, 6.45) is 9.41. The maximum Gasteiger partial charge on any atom is 0.312 e. The molecule has 8 nitrogen and oxygen atoms in total. The number of rotatable bonds is 16. The van der Waals surface area contributed by atoms with Gasteiger partial charge in [-0.05, 0) is 44.9 Å². The molecule has 1 N–H and O–H groups in total. The van der Waals surface area contributed by atoms with Gasteiger partial charge in [0.25, 0.3) is 0 Å². The second-order valence-electron chi connectivity index (χ2n) is 11.0. The fourth-order valence-electron chi connectivity index (χ4n) is 6.67. The summed E-state index contributed by atoms with van der Waals surface area (Å²) in [6.45, 7) is 15.3. The molecule has 8 heteroatoms. The minimum Gasteiger partial charge on any atom is -0.465 e. The van der Waals surface area contributed by atoms with Crippen molar-refractivity contribution in [2.75, 3.05) is 32.8 Å². The van der Waals surface area contributed by atoms with Crippen molar-refractivity contribution in [2.45, 2.75) is 89.4 Å². The molecule has 3 aliphatic heterocycles. The first kappa shape index (κ1) is 29.4. The SMILES string of the molecule is C=CCCOC(=O)[C@@H]1[C@H]2C(=O)N(CCCCCCO)C(C(=O)N(CC=C)CCCC)C23CC(C)[C@@]1(C)O3. The summed E-state index contributed by atoms with van der Waals surface area (Å²) < 4.78 is 12.3. The fraction of sp³-hybridized carbons (Fsp3) is 0.759. The Hall–Kier alpha value is -2.19. The van der Waals surface area contributed by atoms with Gasteiger partial charge in [-0.25, -0.2) is 0 Å². The molecule has 6 atom stereocenters. The van der Waals surface area contributed by atoms with Crippen molar-refractivity contribution in [1.82, 2.24) is 9.80 Å². The van der Waals surface area contributed by atoms with Crippen molar-refractivity contribution in [3.8, 4) is 0 Å². The number of unbranched alkanes of at least 4 members (excludes halogenated alkanes) is 4. The zero-order valence-corrected chi connectivity index (χ0v) is 23.0. The first-order chi connectivity index (χ1) is 17.7. The van der Waals surface area contributed by atoms with Crippen LogP contribution in [0.2, 0.25) is 0 Å². The Morgan fingerprint density at radius 2 is 1.95 bits per heavy atom. The molecule has 37 heavy (non-hydrogen) atoms. The molecule has 2 bridgehead atoms. The molecule has 0 radical (unpaired) electrons. The number of aliphatic hydroxyl groups excluding tert-OH is 1. The standard InChI is InChI=1S/C29H46N2O6/c1-6-9-16-30(15-8-3)26(34)24-29-20-21(4)28(5,37-29)23(27(35)36-19-10-7-2)22(29)25(33)31(24)17-13-11-12-14-18-32/h7-8,21-24,32H,2-3,6,9-20H2,1,4-5H3/t21?,22-,23-,24?,28+,29?/m0/s1. The molecule has 0 aliphatic carbocycles. The van der Waals surface area contributed by atoms with E-state index in [1.807, 2.05) is 13.8 Å². The van der Waals surface area contributed by atoms with Crippen molar-refractivity contribution in [1.29, 1.82) is 0 Å². The van der Waals surface area contributed by atoms with Gasteiger partial charge in [0, 0.05) is 26.2 Å². The summed E-state index contributed by atoms with van der Waals surface area (Å²) in [4.78, 5) is 45.2. The van der Waals surface area contributed by atoms with Gasteiger partial charge in [-0.1, -0.05) is 45.3 Å². The molecule has 0 aromatic carbocycles. The Balaban J connectivity index is 1.98. The lowest BCUT2D eigenvalue weighted by Gasteiger charge is -2.37. The van der Waals surface area contributed by atoms with E-state index in [0.717, 1.165) is 32.1 Å². The maximum atomic E-state index is 14.2. The molecule has 208 valence electrons. The van der Waals surface area contributed by atoms with Crippen molar-refractivity contribution in [3.63, 3.8) is 0 Å². The first-order valence-corrected chi connectivity index (χ1v) is 14.0. The average Bonchev–Trinajstić information content (AvgIpc) is 3.38. The highest BCUT2D eigenvalue weighted by atomic mass is 16.6. The fourth-order valence-corrected chi connectivity index (χ4v) is 6.67. The van der Waals surface area contributed by atoms with E-state index in [1.54, 1.807) is 22.0 Å². The van der Waals surface area contributed by atoms with E-state index in [0.29, 0.717) is 38.9 Å². The maximum absolute atomic E-state index is 14.2. The molecule has 3 heterocycles. The number of hydrogen-bond acceptors (Lipinski definition) is 6. The number of likely N-dealkylation sites (tertiary alicyclic amines) is 1. The number of hydrogen-bond donors (Lipinski definition) is 1. The van der Waals surface area contributed by atoms with Crippen LogP contribution in [0.3, 0.4) is 0 Å². The van der Waals surface area contributed by atoms with Crippen LogP contribution in [0.5, 0.6) is 0 Å². The van der Waals surface area contributed by atoms with Crippen LogP contribution in [0.4, 0.5) is 0 Å². The largest absolute Gasteiger partial charge is 0.465 e. The lowest BCUT2D eigenvalue weighted by atomic mass is 9.62. The van der Waals surface area contributed by atoms with Crippen molar-refractivity contribution < 1.29 is 29.0 Å². The lowest BCUT2D eigenvalue weighted by molar-refractivity contribution is -0.162. The number of carbonyl (C=O) groups excluding carboxylic acids is 3. The van der Waals surface area contributed by atoms with E-state index >= 15 is 0 Å². The Morgan fingerprint density at radius 3 is 2.59 bits per heavy atom. The van der Waals surface area contributed by atoms with Crippen LogP contribution in [0.1, 0.15) is 72.1 Å². The number of amides is 2. The number of ether oxygens (including phenoxy) is 2. The Kier molecular flexibility index (Phi) is 9.98. The van der Waals surface area contributed by atoms with Crippen molar-refractivity contribution in [2.24, 2.45) is 17.8 Å². The molecular weight excluding hydrogens is 472 g/mol. The zero-order chi connectivity index (χ0) is 27.2. The normalized spacial score (nSPS) is 31.9. The summed E-state index contributed by atoms with van der Waals surface area (Å²) >= 11 is 0. The summed E-state index contributed by atoms with van der Waals surface area (Å²) in [5.74, 6) is -2.26. The van der Waals surface area contributed by atoms with Gasteiger partial charge < -0.3 is 24.4 Å². The van der Waals surface area contributed by atoms with Gasteiger partial charge in [0.15, 0.2) is 0 Å². The van der Waals surface area contributed by atoms with Crippen LogP contribution in [-0.4, -0.2) is 82.8 Å². The van der Waals surface area contributed by atoms with Gasteiger partial charge in [0.2, 0.25) is 11.8 Å². The first-order valence-electron chi connectivity index (χ1n) is 14.0. The zero-order valence-electron chi connectivity index (χ0n) is 23.0. The summed E-state index contributed by atoms with van der Waals surface area (Å²) in [5.41, 5.74) is -1.93. The van der Waals surface area contributed by atoms with Crippen molar-refractivity contribution >= 4 is 17.8 Å². The molecular formula is C29H46N2O6. The van der Waals surface area contributed by atoms with Gasteiger partial charge in [-0.15, -0.1) is 13.2 Å². The third kappa shape index (κ3) is 5.37. The number of esters is 1. The van der Waals surface area contributed by atoms with Crippen LogP contribution >= 0.6 is 0 Å². The van der Waals surface area contributed by atoms with E-state index in [4.69, 9.17) is 14.6 Å². The van der Waals surface area contributed by atoms with E-state index in [-0.39, 0.29) is 30.9 Å². The third-order valence-corrected chi connectivity index (χ3v) is 8.62. The van der Waals surface area contributed by atoms with Gasteiger partial charge >= 0.3 is 5.97 Å². The minimum absolute atomic E-state index is 0.0168. The molecule has 3 saturated heterocycles. The molecule has 1 spiro atoms. The predicted octanol–water partition coefficient (Wildman–Crippen LogP) is 3.48. The summed E-state index contributed by atoms with van der Waals surface area (Å²) in [7, 11) is 0. The molecule has 2 amide bonds. The lowest BCUT2D eigenvalue weighted by Crippen LogP contribution is -2.56. The quantitative estimate of drug-likeness (QED) is 0.191. The minimum atomic E-state index is -1.05. The highest BCUT2D eigenvalue weighted by Crippen LogP contribution is 2.65. The number of fused-ring (bicyclic) bond motifs is 1. The number of carbonyl (C=O) groups is 3. The van der Waals surface area contributed by atoms with Gasteiger partial charge in [-0.2, -0.15) is 0 Å². The Morgan fingerprint density at radius 1 is 1.22 bits per heavy atom. The Labute approximate surface area is 222 Å². The second kappa shape index (κ2) is 12.6. The predicted molar refractivity (Wildman–Crippen MR) is 141 cm³/mol. The van der Waals surface area contributed by atoms with Gasteiger partial charge in [0.05, 0.1) is 18.1 Å². The molecule has 3 rings (SSSR count). The average molecular weight is 519 g/mol. The topological polar surface area (TPSA) is 96.4 Å². The number of aliphatic hydroxyl groups is 1. The van der Waals surface area contributed by atoms with Crippen molar-refractivity contribution in [3.05, 3.63) is 25.3 Å². The number of nitrogens with zero attached hydrogens (tertiary/aromatic N) is 2. The highest BCUT2D eigenvalue weighted by molar-refractivity contribution is 5.98. The van der Waals surface area contributed by atoms with Crippen LogP contribution in [0, 0.1) is 17.8 Å². The van der Waals surface area contributed by atoms with Crippen LogP contribution in [-0.2, 0) is 23.9 Å². The molecule has 3 aliphatic rings. The molecule has 0 aromatic heterocycles. The molecule has 3 fully saturated rings. The van der Waals surface area contributed by atoms with Crippen LogP contribution < -0.4 is 0 Å². The summed E-state index contributed by atoms with van der Waals surface area (Å²) in [6, 6.07) is -0.783. The van der Waals surface area contributed by atoms with E-state index in [2.05, 4.69) is 20.1 Å². The van der Waals surface area contributed by atoms with Gasteiger partial charge in [-0.3, -0.25) is 14.4 Å². The molecule has 0 aromatic rings. The molecule has 3 unspecified atom stereocenters. The smallest absolute Gasteiger partial charge is 0.312 e. The highest BCUT2D eigenvalue weighted by Gasteiger charge is 2.80. The van der Waals surface area contributed by atoms with Gasteiger partial charge in [0.1, 0.15) is 17.6 Å².